The molecule has 1 aliphatic carbocycles. The average Bonchev–Trinajstić information content (AvgIpc) is 3.09. The van der Waals surface area contributed by atoms with Crippen LogP contribution in [0, 0.1) is 0 Å². The summed E-state index contributed by atoms with van der Waals surface area (Å²) >= 11 is 1.30. The molecular formula is C21H21F3N2O5S. The third-order valence-corrected chi connectivity index (χ3v) is 5.94. The van der Waals surface area contributed by atoms with E-state index in [2.05, 4.69) is 10.1 Å². The van der Waals surface area contributed by atoms with E-state index in [1.165, 1.54) is 35.6 Å². The lowest BCUT2D eigenvalue weighted by Crippen LogP contribution is -2.23. The smallest absolute Gasteiger partial charge is 0.411 e. The monoisotopic (exact) mass is 470 g/mol. The number of aryl methyl sites for hydroxylation is 1. The van der Waals surface area contributed by atoms with Crippen LogP contribution in [0.25, 0.3) is 0 Å². The summed E-state index contributed by atoms with van der Waals surface area (Å²) in [6, 6.07) is 5.60. The van der Waals surface area contributed by atoms with Gasteiger partial charge in [-0.1, -0.05) is 12.1 Å². The molecule has 0 saturated carbocycles. The number of hydrogen-bond acceptors (Lipinski definition) is 6. The lowest BCUT2D eigenvalue weighted by atomic mass is 9.95. The molecular weight excluding hydrogens is 449 g/mol. The molecule has 1 heterocycles. The number of primary amides is 1. The standard InChI is InChI=1S/C21H21F3N2O5S/c22-21(23,24)11-30-9-12-5-7-13(8-6-12)20(29)31-10-16(27)26-19-17(18(25)28)14-3-1-2-4-15(14)32-19/h5-8H,1-4,9-11H2,(H2,25,28)(H,26,27). The van der Waals surface area contributed by atoms with Crippen LogP contribution in [0.5, 0.6) is 0 Å². The number of ether oxygens (including phenoxy) is 2. The van der Waals surface area contributed by atoms with Crippen molar-refractivity contribution < 1.29 is 37.0 Å². The maximum absolute atomic E-state index is 12.2. The summed E-state index contributed by atoms with van der Waals surface area (Å²) in [7, 11) is 0. The lowest BCUT2D eigenvalue weighted by molar-refractivity contribution is -0.176. The quantitative estimate of drug-likeness (QED) is 0.574. The van der Waals surface area contributed by atoms with E-state index in [0.717, 1.165) is 36.1 Å². The Morgan fingerprint density at radius 2 is 1.78 bits per heavy atom. The molecule has 0 spiro atoms. The van der Waals surface area contributed by atoms with E-state index in [0.29, 0.717) is 16.1 Å². The molecule has 172 valence electrons. The minimum Gasteiger partial charge on any atom is -0.452 e. The molecule has 0 saturated heterocycles. The molecule has 2 aromatic rings. The topological polar surface area (TPSA) is 108 Å². The number of halogens is 3. The highest BCUT2D eigenvalue weighted by molar-refractivity contribution is 7.17. The Bertz CT molecular complexity index is 1000. The van der Waals surface area contributed by atoms with Crippen molar-refractivity contribution in [2.24, 2.45) is 5.73 Å². The second-order valence-electron chi connectivity index (χ2n) is 7.21. The number of rotatable bonds is 8. The van der Waals surface area contributed by atoms with E-state index in [-0.39, 0.29) is 12.2 Å². The number of carbonyl (C=O) groups excluding carboxylic acids is 3. The van der Waals surface area contributed by atoms with Crippen LogP contribution >= 0.6 is 11.3 Å². The van der Waals surface area contributed by atoms with Crippen molar-refractivity contribution in [3.8, 4) is 0 Å². The van der Waals surface area contributed by atoms with E-state index < -0.39 is 37.2 Å². The van der Waals surface area contributed by atoms with Gasteiger partial charge in [0.1, 0.15) is 11.6 Å². The van der Waals surface area contributed by atoms with Crippen LogP contribution in [0.3, 0.4) is 0 Å². The van der Waals surface area contributed by atoms with Crippen LogP contribution in [0.2, 0.25) is 0 Å². The van der Waals surface area contributed by atoms with Crippen molar-refractivity contribution in [1.29, 1.82) is 0 Å². The molecule has 0 radical (unpaired) electrons. The Labute approximate surface area is 185 Å². The second kappa shape index (κ2) is 10.1. The molecule has 0 aliphatic heterocycles. The van der Waals surface area contributed by atoms with Crippen molar-refractivity contribution in [3.05, 3.63) is 51.4 Å². The van der Waals surface area contributed by atoms with Crippen LogP contribution in [0.15, 0.2) is 24.3 Å². The fourth-order valence-electron chi connectivity index (χ4n) is 3.31. The minimum absolute atomic E-state index is 0.127. The number of hydrogen-bond donors (Lipinski definition) is 2. The van der Waals surface area contributed by atoms with Gasteiger partial charge in [0.25, 0.3) is 11.8 Å². The lowest BCUT2D eigenvalue weighted by Gasteiger charge is -2.11. The van der Waals surface area contributed by atoms with Gasteiger partial charge in [-0.25, -0.2) is 4.79 Å². The van der Waals surface area contributed by atoms with E-state index in [9.17, 15) is 27.6 Å². The number of thiophene rings is 1. The number of carbonyl (C=O) groups is 3. The summed E-state index contributed by atoms with van der Waals surface area (Å²) in [4.78, 5) is 37.3. The van der Waals surface area contributed by atoms with E-state index in [4.69, 9.17) is 10.5 Å². The highest BCUT2D eigenvalue weighted by Crippen LogP contribution is 2.37. The molecule has 1 aromatic heterocycles. The zero-order chi connectivity index (χ0) is 23.3. The minimum atomic E-state index is -4.41. The number of benzene rings is 1. The first kappa shape index (κ1) is 23.7. The van der Waals surface area contributed by atoms with Crippen molar-refractivity contribution in [2.75, 3.05) is 18.5 Å². The van der Waals surface area contributed by atoms with Gasteiger partial charge in [-0.05, 0) is 48.9 Å². The third-order valence-electron chi connectivity index (χ3n) is 4.73. The van der Waals surface area contributed by atoms with Gasteiger partial charge in [0.2, 0.25) is 0 Å². The second-order valence-corrected chi connectivity index (χ2v) is 8.31. The number of anilines is 1. The predicted molar refractivity (Wildman–Crippen MR) is 111 cm³/mol. The van der Waals surface area contributed by atoms with Crippen molar-refractivity contribution in [1.82, 2.24) is 0 Å². The number of nitrogens with one attached hydrogen (secondary N) is 1. The number of fused-ring (bicyclic) bond motifs is 1. The summed E-state index contributed by atoms with van der Waals surface area (Å²) in [5.74, 6) is -2.00. The molecule has 0 unspecified atom stereocenters. The Hall–Kier alpha value is -2.92. The normalized spacial score (nSPS) is 13.3. The van der Waals surface area contributed by atoms with Gasteiger partial charge < -0.3 is 20.5 Å². The van der Waals surface area contributed by atoms with E-state index >= 15 is 0 Å². The van der Waals surface area contributed by atoms with E-state index in [1.54, 1.807) is 0 Å². The first-order valence-corrected chi connectivity index (χ1v) is 10.6. The maximum Gasteiger partial charge on any atom is 0.411 e. The van der Waals surface area contributed by atoms with Gasteiger partial charge in [0.05, 0.1) is 17.7 Å². The summed E-state index contributed by atoms with van der Waals surface area (Å²) in [5.41, 5.74) is 7.25. The third kappa shape index (κ3) is 6.30. The zero-order valence-electron chi connectivity index (χ0n) is 16.9. The molecule has 1 aromatic carbocycles. The molecule has 3 N–H and O–H groups in total. The van der Waals surface area contributed by atoms with Crippen molar-refractivity contribution in [2.45, 2.75) is 38.5 Å². The first-order valence-electron chi connectivity index (χ1n) is 9.79. The van der Waals surface area contributed by atoms with Crippen LogP contribution < -0.4 is 11.1 Å². The molecule has 2 amide bonds. The van der Waals surface area contributed by atoms with Crippen LogP contribution in [-0.2, 0) is 33.7 Å². The average molecular weight is 470 g/mol. The Kier molecular flexibility index (Phi) is 7.52. The van der Waals surface area contributed by atoms with Gasteiger partial charge >= 0.3 is 12.1 Å². The molecule has 1 aliphatic rings. The number of nitrogens with two attached hydrogens (primary N) is 1. The van der Waals surface area contributed by atoms with Crippen LogP contribution in [0.1, 0.15) is 49.6 Å². The molecule has 32 heavy (non-hydrogen) atoms. The van der Waals surface area contributed by atoms with Gasteiger partial charge in [0, 0.05) is 4.88 Å². The summed E-state index contributed by atoms with van der Waals surface area (Å²) in [6.07, 6.45) is -0.911. The number of amides is 2. The molecule has 0 atom stereocenters. The summed E-state index contributed by atoms with van der Waals surface area (Å²) < 4.78 is 45.8. The SMILES string of the molecule is NC(=O)c1c(NC(=O)COC(=O)c2ccc(COCC(F)(F)F)cc2)sc2c1CCCC2. The molecule has 0 fully saturated rings. The van der Waals surface area contributed by atoms with Gasteiger partial charge in [-0.15, -0.1) is 11.3 Å². The largest absolute Gasteiger partial charge is 0.452 e. The molecule has 11 heteroatoms. The highest BCUT2D eigenvalue weighted by Gasteiger charge is 2.27. The first-order chi connectivity index (χ1) is 15.1. The fourth-order valence-corrected chi connectivity index (χ4v) is 4.62. The van der Waals surface area contributed by atoms with Crippen LogP contribution in [0.4, 0.5) is 18.2 Å². The Morgan fingerprint density at radius 3 is 2.44 bits per heavy atom. The highest BCUT2D eigenvalue weighted by atomic mass is 32.1. The maximum atomic E-state index is 12.2. The van der Waals surface area contributed by atoms with Gasteiger partial charge in [0.15, 0.2) is 6.61 Å². The van der Waals surface area contributed by atoms with Crippen molar-refractivity contribution in [3.63, 3.8) is 0 Å². The predicted octanol–water partition coefficient (Wildman–Crippen LogP) is 3.60. The van der Waals surface area contributed by atoms with Crippen molar-refractivity contribution >= 4 is 34.1 Å². The molecule has 3 rings (SSSR count). The fraction of sp³-hybridized carbons (Fsp3) is 0.381. The van der Waals surface area contributed by atoms with Crippen LogP contribution in [-0.4, -0.2) is 37.2 Å². The van der Waals surface area contributed by atoms with E-state index in [1.807, 2.05) is 0 Å². The Balaban J connectivity index is 1.52. The molecule has 7 nitrogen and oxygen atoms in total. The number of esters is 1. The Morgan fingerprint density at radius 1 is 1.09 bits per heavy atom. The molecule has 0 bridgehead atoms. The summed E-state index contributed by atoms with van der Waals surface area (Å²) in [5, 5.41) is 2.95. The summed E-state index contributed by atoms with van der Waals surface area (Å²) in [6.45, 7) is -2.20. The van der Waals surface area contributed by atoms with Gasteiger partial charge in [-0.3, -0.25) is 9.59 Å². The van der Waals surface area contributed by atoms with Gasteiger partial charge in [-0.2, -0.15) is 13.2 Å². The zero-order valence-corrected chi connectivity index (χ0v) is 17.7. The number of alkyl halides is 3.